The molecule has 0 aliphatic carbocycles. The standard InChI is InChI=1S/C11H13BrINO3S/c1-18(16,17)6-2-5-14-11(15)9-7-8(13)3-4-10(9)12/h3-4,7H,2,5-6H2,1H3,(H,14,15). The fourth-order valence-electron chi connectivity index (χ4n) is 1.30. The lowest BCUT2D eigenvalue weighted by Gasteiger charge is -2.07. The van der Waals surface area contributed by atoms with Crippen LogP contribution < -0.4 is 5.32 Å². The summed E-state index contributed by atoms with van der Waals surface area (Å²) in [4.78, 5) is 11.8. The van der Waals surface area contributed by atoms with Gasteiger partial charge in [-0.2, -0.15) is 0 Å². The molecule has 1 rings (SSSR count). The van der Waals surface area contributed by atoms with Crippen molar-refractivity contribution in [3.8, 4) is 0 Å². The maximum Gasteiger partial charge on any atom is 0.252 e. The third kappa shape index (κ3) is 5.66. The first-order chi connectivity index (χ1) is 8.29. The minimum atomic E-state index is -2.96. The van der Waals surface area contributed by atoms with Crippen molar-refractivity contribution < 1.29 is 13.2 Å². The van der Waals surface area contributed by atoms with Crippen LogP contribution >= 0.6 is 38.5 Å². The Kier molecular flexibility index (Phi) is 6.06. The van der Waals surface area contributed by atoms with Gasteiger partial charge in [0, 0.05) is 20.8 Å². The summed E-state index contributed by atoms with van der Waals surface area (Å²) in [5.74, 6) is -0.116. The fourth-order valence-corrected chi connectivity index (χ4v) is 2.89. The highest BCUT2D eigenvalue weighted by Gasteiger charge is 2.10. The predicted molar refractivity (Wildman–Crippen MR) is 83.5 cm³/mol. The number of sulfone groups is 1. The number of carbonyl (C=O) groups is 1. The summed E-state index contributed by atoms with van der Waals surface area (Å²) in [6.07, 6.45) is 1.61. The van der Waals surface area contributed by atoms with Crippen LogP contribution in [0.4, 0.5) is 0 Å². The summed E-state index contributed by atoms with van der Waals surface area (Å²) in [5.41, 5.74) is 0.557. The third-order valence-corrected chi connectivity index (χ3v) is 4.54. The second-order valence-corrected chi connectivity index (χ2v) is 8.22. The molecule has 0 unspecified atom stereocenters. The minimum Gasteiger partial charge on any atom is -0.352 e. The molecule has 0 heterocycles. The molecule has 100 valence electrons. The molecule has 0 spiro atoms. The molecule has 1 aromatic carbocycles. The van der Waals surface area contributed by atoms with E-state index in [2.05, 4.69) is 43.8 Å². The quantitative estimate of drug-likeness (QED) is 0.558. The normalized spacial score (nSPS) is 11.3. The van der Waals surface area contributed by atoms with Gasteiger partial charge in [-0.3, -0.25) is 4.79 Å². The van der Waals surface area contributed by atoms with Gasteiger partial charge in [0.15, 0.2) is 0 Å². The molecule has 1 N–H and O–H groups in total. The van der Waals surface area contributed by atoms with E-state index < -0.39 is 9.84 Å². The van der Waals surface area contributed by atoms with Crippen molar-refractivity contribution in [1.82, 2.24) is 5.32 Å². The molecule has 0 saturated carbocycles. The van der Waals surface area contributed by atoms with E-state index in [-0.39, 0.29) is 11.7 Å². The highest BCUT2D eigenvalue weighted by molar-refractivity contribution is 14.1. The van der Waals surface area contributed by atoms with Gasteiger partial charge in [0.05, 0.1) is 11.3 Å². The summed E-state index contributed by atoms with van der Waals surface area (Å²) >= 11 is 5.44. The van der Waals surface area contributed by atoms with E-state index in [4.69, 9.17) is 0 Å². The average Bonchev–Trinajstić information content (AvgIpc) is 2.26. The summed E-state index contributed by atoms with van der Waals surface area (Å²) < 4.78 is 23.5. The van der Waals surface area contributed by atoms with Crippen LogP contribution in [0.15, 0.2) is 22.7 Å². The van der Waals surface area contributed by atoms with E-state index in [1.165, 1.54) is 6.26 Å². The largest absolute Gasteiger partial charge is 0.352 e. The Morgan fingerprint density at radius 1 is 1.44 bits per heavy atom. The number of halogens is 2. The van der Waals surface area contributed by atoms with Gasteiger partial charge in [0.1, 0.15) is 9.84 Å². The molecule has 7 heteroatoms. The first-order valence-electron chi connectivity index (χ1n) is 5.20. The summed E-state index contributed by atoms with van der Waals surface area (Å²) in [7, 11) is -2.96. The first-order valence-corrected chi connectivity index (χ1v) is 9.14. The highest BCUT2D eigenvalue weighted by Crippen LogP contribution is 2.19. The number of benzene rings is 1. The third-order valence-electron chi connectivity index (χ3n) is 2.15. The summed E-state index contributed by atoms with van der Waals surface area (Å²) in [6, 6.07) is 5.48. The molecule has 0 aliphatic rings. The molecule has 0 radical (unpaired) electrons. The number of nitrogens with one attached hydrogen (secondary N) is 1. The Morgan fingerprint density at radius 2 is 2.11 bits per heavy atom. The molecule has 0 fully saturated rings. The number of hydrogen-bond acceptors (Lipinski definition) is 3. The van der Waals surface area contributed by atoms with Crippen LogP contribution in [0.25, 0.3) is 0 Å². The molecular formula is C11H13BrINO3S. The lowest BCUT2D eigenvalue weighted by atomic mass is 10.2. The zero-order valence-corrected chi connectivity index (χ0v) is 14.3. The van der Waals surface area contributed by atoms with E-state index in [1.807, 2.05) is 12.1 Å². The molecule has 1 aromatic rings. The molecule has 1 amide bonds. The number of carbonyl (C=O) groups excluding carboxylic acids is 1. The molecule has 0 saturated heterocycles. The van der Waals surface area contributed by atoms with Crippen molar-refractivity contribution in [3.63, 3.8) is 0 Å². The van der Waals surface area contributed by atoms with E-state index in [1.54, 1.807) is 6.07 Å². The van der Waals surface area contributed by atoms with Crippen LogP contribution in [0.5, 0.6) is 0 Å². The maximum atomic E-state index is 11.8. The highest BCUT2D eigenvalue weighted by atomic mass is 127. The van der Waals surface area contributed by atoms with Gasteiger partial charge in [0.25, 0.3) is 5.91 Å². The average molecular weight is 446 g/mol. The Morgan fingerprint density at radius 3 is 2.72 bits per heavy atom. The molecule has 0 aliphatic heterocycles. The summed E-state index contributed by atoms with van der Waals surface area (Å²) in [6.45, 7) is 0.351. The van der Waals surface area contributed by atoms with E-state index >= 15 is 0 Å². The zero-order valence-electron chi connectivity index (χ0n) is 9.74. The number of hydrogen-bond donors (Lipinski definition) is 1. The van der Waals surface area contributed by atoms with Crippen LogP contribution in [0.1, 0.15) is 16.8 Å². The van der Waals surface area contributed by atoms with Crippen LogP contribution in [-0.4, -0.2) is 32.9 Å². The van der Waals surface area contributed by atoms with Crippen LogP contribution in [0.3, 0.4) is 0 Å². The monoisotopic (exact) mass is 445 g/mol. The number of amides is 1. The molecule has 18 heavy (non-hydrogen) atoms. The smallest absolute Gasteiger partial charge is 0.252 e. The van der Waals surface area contributed by atoms with E-state index in [9.17, 15) is 13.2 Å². The van der Waals surface area contributed by atoms with Crippen molar-refractivity contribution in [1.29, 1.82) is 0 Å². The maximum absolute atomic E-state index is 11.8. The van der Waals surface area contributed by atoms with Crippen molar-refractivity contribution in [2.75, 3.05) is 18.6 Å². The van der Waals surface area contributed by atoms with Gasteiger partial charge < -0.3 is 5.32 Å². The van der Waals surface area contributed by atoms with Gasteiger partial charge in [-0.05, 0) is 63.1 Å². The first kappa shape index (κ1) is 15.9. The van der Waals surface area contributed by atoms with Crippen LogP contribution in [0, 0.1) is 3.57 Å². The Labute approximate surface area is 129 Å². The second-order valence-electron chi connectivity index (χ2n) is 3.86. The van der Waals surface area contributed by atoms with Crippen molar-refractivity contribution in [2.24, 2.45) is 0 Å². The van der Waals surface area contributed by atoms with Crippen LogP contribution in [-0.2, 0) is 9.84 Å². The van der Waals surface area contributed by atoms with Crippen molar-refractivity contribution in [2.45, 2.75) is 6.42 Å². The van der Waals surface area contributed by atoms with Gasteiger partial charge in [-0.1, -0.05) is 0 Å². The zero-order chi connectivity index (χ0) is 13.8. The minimum absolute atomic E-state index is 0.0841. The molecule has 0 atom stereocenters. The Balaban J connectivity index is 2.53. The Bertz CT molecular complexity index is 545. The SMILES string of the molecule is CS(=O)(=O)CCCNC(=O)c1cc(I)ccc1Br. The molecule has 0 aromatic heterocycles. The molecule has 0 bridgehead atoms. The van der Waals surface area contributed by atoms with E-state index in [0.29, 0.717) is 18.5 Å². The Hall–Kier alpha value is -0.150. The lowest BCUT2D eigenvalue weighted by Crippen LogP contribution is -2.26. The number of rotatable bonds is 5. The molecular weight excluding hydrogens is 433 g/mol. The lowest BCUT2D eigenvalue weighted by molar-refractivity contribution is 0.0953. The van der Waals surface area contributed by atoms with Crippen molar-refractivity contribution >= 4 is 54.3 Å². The van der Waals surface area contributed by atoms with Gasteiger partial charge in [-0.15, -0.1) is 0 Å². The fraction of sp³-hybridized carbons (Fsp3) is 0.364. The summed E-state index contributed by atoms with van der Waals surface area (Å²) in [5, 5.41) is 2.70. The predicted octanol–water partition coefficient (Wildman–Crippen LogP) is 2.22. The van der Waals surface area contributed by atoms with Gasteiger partial charge in [-0.25, -0.2) is 8.42 Å². The van der Waals surface area contributed by atoms with Crippen molar-refractivity contribution in [3.05, 3.63) is 31.8 Å². The van der Waals surface area contributed by atoms with Gasteiger partial charge in [0.2, 0.25) is 0 Å². The topological polar surface area (TPSA) is 63.2 Å². The van der Waals surface area contributed by atoms with E-state index in [0.717, 1.165) is 8.04 Å². The van der Waals surface area contributed by atoms with Crippen LogP contribution in [0.2, 0.25) is 0 Å². The van der Waals surface area contributed by atoms with Gasteiger partial charge >= 0.3 is 0 Å². The molecule has 4 nitrogen and oxygen atoms in total. The second kappa shape index (κ2) is 6.85.